The average molecular weight is 359 g/mol. The van der Waals surface area contributed by atoms with Gasteiger partial charge in [-0.15, -0.1) is 11.3 Å². The highest BCUT2D eigenvalue weighted by atomic mass is 32.1. The first-order chi connectivity index (χ1) is 12.0. The van der Waals surface area contributed by atoms with Gasteiger partial charge in [0.05, 0.1) is 12.3 Å². The van der Waals surface area contributed by atoms with Gasteiger partial charge in [0.25, 0.3) is 5.56 Å². The maximum absolute atomic E-state index is 12.5. The number of rotatable bonds is 5. The Hall–Kier alpha value is -3.05. The number of phenols is 1. The van der Waals surface area contributed by atoms with Crippen LogP contribution in [-0.4, -0.2) is 22.2 Å². The van der Waals surface area contributed by atoms with Crippen LogP contribution in [0.25, 0.3) is 11.8 Å². The van der Waals surface area contributed by atoms with Crippen LogP contribution in [0.5, 0.6) is 5.75 Å². The molecule has 7 nitrogen and oxygen atoms in total. The number of anilines is 1. The van der Waals surface area contributed by atoms with E-state index < -0.39 is 5.97 Å². The van der Waals surface area contributed by atoms with Gasteiger partial charge in [0, 0.05) is 12.7 Å². The van der Waals surface area contributed by atoms with Crippen LogP contribution in [0.1, 0.15) is 13.8 Å². The third kappa shape index (κ3) is 3.89. The minimum atomic E-state index is -0.756. The van der Waals surface area contributed by atoms with E-state index in [4.69, 9.17) is 4.74 Å². The van der Waals surface area contributed by atoms with Crippen LogP contribution in [0.3, 0.4) is 0 Å². The molecule has 2 rings (SSSR count). The van der Waals surface area contributed by atoms with Gasteiger partial charge in [0.15, 0.2) is 5.57 Å². The molecule has 0 aliphatic rings. The summed E-state index contributed by atoms with van der Waals surface area (Å²) < 4.78 is 6.77. The Labute approximate surface area is 147 Å². The lowest BCUT2D eigenvalue weighted by atomic mass is 10.3. The SMILES string of the molecule is CCOC(=O)C(C#N)=c1sc(=CNc2ccccc2O)c(=O)n1CC. The Morgan fingerprint density at radius 1 is 1.44 bits per heavy atom. The van der Waals surface area contributed by atoms with E-state index >= 15 is 0 Å². The van der Waals surface area contributed by atoms with Crippen LogP contribution >= 0.6 is 11.3 Å². The Bertz CT molecular complexity index is 998. The maximum Gasteiger partial charge on any atom is 0.351 e. The van der Waals surface area contributed by atoms with Crippen molar-refractivity contribution in [3.8, 4) is 11.8 Å². The number of ether oxygens (including phenoxy) is 1. The lowest BCUT2D eigenvalue weighted by Gasteiger charge is -2.01. The Morgan fingerprint density at radius 3 is 2.76 bits per heavy atom. The lowest BCUT2D eigenvalue weighted by molar-refractivity contribution is -0.136. The van der Waals surface area contributed by atoms with Crippen molar-refractivity contribution < 1.29 is 14.6 Å². The molecule has 1 heterocycles. The van der Waals surface area contributed by atoms with Crippen LogP contribution in [-0.2, 0) is 16.1 Å². The molecule has 0 saturated carbocycles. The largest absolute Gasteiger partial charge is 0.506 e. The van der Waals surface area contributed by atoms with Gasteiger partial charge in [0.2, 0.25) is 0 Å². The van der Waals surface area contributed by atoms with Crippen molar-refractivity contribution in [1.82, 2.24) is 4.57 Å². The summed E-state index contributed by atoms with van der Waals surface area (Å²) >= 11 is 1.01. The summed E-state index contributed by atoms with van der Waals surface area (Å²) in [5, 5.41) is 21.9. The number of hydrogen-bond donors (Lipinski definition) is 2. The first-order valence-corrected chi connectivity index (χ1v) is 8.41. The van der Waals surface area contributed by atoms with Crippen molar-refractivity contribution in [2.45, 2.75) is 20.4 Å². The molecule has 0 atom stereocenters. The molecule has 0 unspecified atom stereocenters. The van der Waals surface area contributed by atoms with Crippen molar-refractivity contribution in [2.24, 2.45) is 0 Å². The monoisotopic (exact) mass is 359 g/mol. The van der Waals surface area contributed by atoms with Crippen molar-refractivity contribution in [1.29, 1.82) is 5.26 Å². The number of hydrogen-bond acceptors (Lipinski definition) is 7. The molecule has 25 heavy (non-hydrogen) atoms. The molecule has 8 heteroatoms. The molecule has 0 radical (unpaired) electrons. The molecule has 0 aliphatic heterocycles. The third-order valence-electron chi connectivity index (χ3n) is 3.29. The second-order valence-corrected chi connectivity index (χ2v) is 5.86. The van der Waals surface area contributed by atoms with Crippen molar-refractivity contribution in [2.75, 3.05) is 11.9 Å². The van der Waals surface area contributed by atoms with Gasteiger partial charge < -0.3 is 15.2 Å². The van der Waals surface area contributed by atoms with Crippen LogP contribution < -0.4 is 20.1 Å². The highest BCUT2D eigenvalue weighted by molar-refractivity contribution is 7.07. The van der Waals surface area contributed by atoms with Crippen LogP contribution in [0.15, 0.2) is 29.1 Å². The fourth-order valence-electron chi connectivity index (χ4n) is 2.12. The summed E-state index contributed by atoms with van der Waals surface area (Å²) in [6.45, 7) is 3.83. The number of phenolic OH excluding ortho intramolecular Hbond substituents is 1. The van der Waals surface area contributed by atoms with Gasteiger partial charge in [-0.05, 0) is 26.0 Å². The highest BCUT2D eigenvalue weighted by Gasteiger charge is 2.16. The molecule has 1 aromatic carbocycles. The van der Waals surface area contributed by atoms with E-state index in [0.29, 0.717) is 16.8 Å². The van der Waals surface area contributed by atoms with Crippen LogP contribution in [0.4, 0.5) is 5.69 Å². The maximum atomic E-state index is 12.5. The molecule has 0 fully saturated rings. The summed E-state index contributed by atoms with van der Waals surface area (Å²) in [7, 11) is 0. The highest BCUT2D eigenvalue weighted by Crippen LogP contribution is 2.21. The van der Waals surface area contributed by atoms with Crippen molar-refractivity contribution in [3.05, 3.63) is 43.8 Å². The quantitative estimate of drug-likeness (QED) is 0.602. The standard InChI is InChI=1S/C17H17N3O4S/c1-3-20-15(22)14(10-19-12-7-5-6-8-13(12)21)25-16(20)11(9-18)17(23)24-4-2/h5-8,10,19,21H,3-4H2,1-2H3. The van der Waals surface area contributed by atoms with Gasteiger partial charge in [-0.1, -0.05) is 12.1 Å². The van der Waals surface area contributed by atoms with E-state index in [1.165, 1.54) is 16.8 Å². The van der Waals surface area contributed by atoms with Crippen molar-refractivity contribution >= 4 is 34.8 Å². The number of nitrogens with zero attached hydrogens (tertiary/aromatic N) is 2. The smallest absolute Gasteiger partial charge is 0.351 e. The van der Waals surface area contributed by atoms with Crippen LogP contribution in [0.2, 0.25) is 0 Å². The Morgan fingerprint density at radius 2 is 2.16 bits per heavy atom. The second kappa shape index (κ2) is 8.17. The molecule has 2 N–H and O–H groups in total. The summed E-state index contributed by atoms with van der Waals surface area (Å²) in [4.78, 5) is 24.4. The van der Waals surface area contributed by atoms with Gasteiger partial charge in [-0.2, -0.15) is 5.26 Å². The molecule has 130 valence electrons. The van der Waals surface area contributed by atoms with Gasteiger partial charge >= 0.3 is 5.97 Å². The summed E-state index contributed by atoms with van der Waals surface area (Å²) in [5.41, 5.74) is -0.0924. The number of nitrogens with one attached hydrogen (secondary N) is 1. The molecule has 0 spiro atoms. The Kier molecular flexibility index (Phi) is 5.98. The van der Waals surface area contributed by atoms with Crippen LogP contribution in [0, 0.1) is 11.3 Å². The molecule has 0 amide bonds. The molecular formula is C17H17N3O4S. The predicted octanol–water partition coefficient (Wildman–Crippen LogP) is 0.723. The van der Waals surface area contributed by atoms with Gasteiger partial charge in [-0.25, -0.2) is 4.79 Å². The number of benzene rings is 1. The minimum Gasteiger partial charge on any atom is -0.506 e. The molecule has 2 aromatic rings. The van der Waals surface area contributed by atoms with E-state index in [1.807, 2.05) is 6.07 Å². The third-order valence-corrected chi connectivity index (χ3v) is 4.42. The summed E-state index contributed by atoms with van der Waals surface area (Å²) in [6, 6.07) is 8.41. The number of nitriles is 1. The zero-order valence-corrected chi connectivity index (χ0v) is 14.6. The first kappa shape index (κ1) is 18.3. The lowest BCUT2D eigenvalue weighted by Crippen LogP contribution is -2.32. The minimum absolute atomic E-state index is 0.0437. The number of esters is 1. The van der Waals surface area contributed by atoms with Gasteiger partial charge in [0.1, 0.15) is 21.0 Å². The molecule has 0 saturated heterocycles. The normalized spacial score (nSPS) is 12.4. The predicted molar refractivity (Wildman–Crippen MR) is 95.4 cm³/mol. The number of aromatic hydroxyl groups is 1. The van der Waals surface area contributed by atoms with E-state index in [-0.39, 0.29) is 28.2 Å². The Balaban J connectivity index is 2.60. The number of aromatic nitrogens is 1. The zero-order valence-electron chi connectivity index (χ0n) is 13.8. The van der Waals surface area contributed by atoms with Crippen molar-refractivity contribution in [3.63, 3.8) is 0 Å². The fourth-order valence-corrected chi connectivity index (χ4v) is 3.19. The molecule has 0 bridgehead atoms. The number of para-hydroxylation sites is 2. The van der Waals surface area contributed by atoms with E-state index in [1.54, 1.807) is 32.0 Å². The molecule has 0 aliphatic carbocycles. The number of carbonyl (C=O) groups excluding carboxylic acids is 1. The number of carbonyl (C=O) groups is 1. The summed E-state index contributed by atoms with van der Waals surface area (Å²) in [5.74, 6) is -0.712. The summed E-state index contributed by atoms with van der Waals surface area (Å²) in [6.07, 6.45) is 1.44. The van der Waals surface area contributed by atoms with Gasteiger partial charge in [-0.3, -0.25) is 9.36 Å². The van der Waals surface area contributed by atoms with E-state index in [9.17, 15) is 20.0 Å². The van der Waals surface area contributed by atoms with E-state index in [0.717, 1.165) is 11.3 Å². The topological polar surface area (TPSA) is 104 Å². The zero-order chi connectivity index (χ0) is 18.4. The molecule has 1 aromatic heterocycles. The second-order valence-electron chi connectivity index (χ2n) is 4.83. The fraction of sp³-hybridized carbons (Fsp3) is 0.235. The van der Waals surface area contributed by atoms with E-state index in [2.05, 4.69) is 5.32 Å². The number of thiazole rings is 1. The first-order valence-electron chi connectivity index (χ1n) is 7.59. The molecular weight excluding hydrogens is 342 g/mol. The average Bonchev–Trinajstić information content (AvgIpc) is 2.91.